The highest BCUT2D eigenvalue weighted by Crippen LogP contribution is 2.41. The zero-order chi connectivity index (χ0) is 19.8. The third-order valence-electron chi connectivity index (χ3n) is 5.45. The summed E-state index contributed by atoms with van der Waals surface area (Å²) in [5.74, 6) is 0.459. The van der Waals surface area contributed by atoms with Gasteiger partial charge in [0.15, 0.2) is 0 Å². The number of hydrogen-bond acceptors (Lipinski definition) is 3. The lowest BCUT2D eigenvalue weighted by atomic mass is 9.77. The van der Waals surface area contributed by atoms with Crippen LogP contribution >= 0.6 is 11.3 Å². The third kappa shape index (κ3) is 4.39. The van der Waals surface area contributed by atoms with Gasteiger partial charge < -0.3 is 14.7 Å². The lowest BCUT2D eigenvalue weighted by molar-refractivity contribution is -0.932. The van der Waals surface area contributed by atoms with Crippen LogP contribution in [0, 0.1) is 0 Å². The van der Waals surface area contributed by atoms with Crippen LogP contribution in [0.2, 0.25) is 0 Å². The average Bonchev–Trinajstić information content (AvgIpc) is 3.09. The number of phenolic OH excluding ortho intramolecular Hbond substituents is 1. The second-order valence-corrected chi connectivity index (χ2v) is 10.7. The SMILES string of the molecule is CC(C)(C)c1cc([C@H](c2cccs2)[NH+]2CCOCC2)cc(C(C)(C)C)c1O. The minimum absolute atomic E-state index is 0.111. The zero-order valence-electron chi connectivity index (χ0n) is 17.6. The van der Waals surface area contributed by atoms with Crippen LogP contribution in [0.1, 0.15) is 69.2 Å². The molecule has 1 aromatic carbocycles. The average molecular weight is 389 g/mol. The van der Waals surface area contributed by atoms with Crippen molar-refractivity contribution < 1.29 is 14.7 Å². The third-order valence-corrected chi connectivity index (χ3v) is 6.39. The molecule has 1 saturated heterocycles. The van der Waals surface area contributed by atoms with Gasteiger partial charge in [0.2, 0.25) is 0 Å². The molecule has 2 heterocycles. The van der Waals surface area contributed by atoms with Crippen LogP contribution in [-0.4, -0.2) is 31.4 Å². The molecule has 4 heteroatoms. The molecule has 1 aliphatic heterocycles. The summed E-state index contributed by atoms with van der Waals surface area (Å²) in [7, 11) is 0. The molecule has 0 amide bonds. The Bertz CT molecular complexity index is 728. The highest BCUT2D eigenvalue weighted by atomic mass is 32.1. The molecule has 27 heavy (non-hydrogen) atoms. The Labute approximate surface area is 168 Å². The molecule has 0 radical (unpaired) electrons. The van der Waals surface area contributed by atoms with E-state index in [0.29, 0.717) is 5.75 Å². The molecular formula is C23H34NO2S+. The Morgan fingerprint density at radius 1 is 1.00 bits per heavy atom. The van der Waals surface area contributed by atoms with Gasteiger partial charge in [-0.1, -0.05) is 47.6 Å². The van der Waals surface area contributed by atoms with E-state index in [0.717, 1.165) is 37.4 Å². The van der Waals surface area contributed by atoms with Crippen LogP contribution < -0.4 is 4.90 Å². The first-order valence-electron chi connectivity index (χ1n) is 9.92. The molecule has 1 aliphatic rings. The lowest BCUT2D eigenvalue weighted by Crippen LogP contribution is -3.14. The van der Waals surface area contributed by atoms with Gasteiger partial charge in [-0.05, 0) is 34.4 Å². The van der Waals surface area contributed by atoms with Crippen LogP contribution in [0.3, 0.4) is 0 Å². The van der Waals surface area contributed by atoms with E-state index in [4.69, 9.17) is 4.74 Å². The molecule has 148 valence electrons. The van der Waals surface area contributed by atoms with Gasteiger partial charge in [0.05, 0.1) is 18.1 Å². The van der Waals surface area contributed by atoms with Crippen molar-refractivity contribution in [2.45, 2.75) is 58.4 Å². The highest BCUT2D eigenvalue weighted by Gasteiger charge is 2.33. The van der Waals surface area contributed by atoms with Crippen molar-refractivity contribution in [3.8, 4) is 5.75 Å². The maximum atomic E-state index is 11.1. The second-order valence-electron chi connectivity index (χ2n) is 9.68. The minimum Gasteiger partial charge on any atom is -0.507 e. The lowest BCUT2D eigenvalue weighted by Gasteiger charge is -2.34. The quantitative estimate of drug-likeness (QED) is 0.832. The van der Waals surface area contributed by atoms with E-state index < -0.39 is 0 Å². The molecular weight excluding hydrogens is 354 g/mol. The molecule has 0 bridgehead atoms. The first-order valence-corrected chi connectivity index (χ1v) is 10.8. The van der Waals surface area contributed by atoms with Crippen LogP contribution in [0.5, 0.6) is 5.75 Å². The van der Waals surface area contributed by atoms with Gasteiger partial charge in [-0.3, -0.25) is 0 Å². The summed E-state index contributed by atoms with van der Waals surface area (Å²) >= 11 is 1.83. The molecule has 1 aromatic heterocycles. The summed E-state index contributed by atoms with van der Waals surface area (Å²) in [5, 5.41) is 13.2. The molecule has 2 N–H and O–H groups in total. The molecule has 1 fully saturated rings. The Kier molecular flexibility index (Phi) is 5.72. The fourth-order valence-electron chi connectivity index (χ4n) is 3.95. The van der Waals surface area contributed by atoms with E-state index in [1.165, 1.54) is 10.4 Å². The van der Waals surface area contributed by atoms with Gasteiger partial charge >= 0.3 is 0 Å². The molecule has 1 atom stereocenters. The van der Waals surface area contributed by atoms with Crippen molar-refractivity contribution in [1.29, 1.82) is 0 Å². The normalized spacial score (nSPS) is 17.9. The molecule has 0 saturated carbocycles. The Morgan fingerprint density at radius 3 is 2.00 bits per heavy atom. The Hall–Kier alpha value is -1.36. The fourth-order valence-corrected chi connectivity index (χ4v) is 4.86. The fraction of sp³-hybridized carbons (Fsp3) is 0.565. The predicted octanol–water partition coefficient (Wildman–Crippen LogP) is 4.05. The molecule has 0 spiro atoms. The number of thiophene rings is 1. The van der Waals surface area contributed by atoms with Crippen molar-refractivity contribution in [3.63, 3.8) is 0 Å². The van der Waals surface area contributed by atoms with E-state index >= 15 is 0 Å². The van der Waals surface area contributed by atoms with Crippen molar-refractivity contribution in [2.75, 3.05) is 26.3 Å². The number of aromatic hydroxyl groups is 1. The summed E-state index contributed by atoms with van der Waals surface area (Å²) in [5.41, 5.74) is 3.17. The number of ether oxygens (including phenoxy) is 1. The van der Waals surface area contributed by atoms with Gasteiger partial charge in [-0.15, -0.1) is 11.3 Å². The first kappa shape index (κ1) is 20.4. The number of nitrogens with one attached hydrogen (secondary N) is 1. The van der Waals surface area contributed by atoms with Crippen LogP contribution in [0.4, 0.5) is 0 Å². The van der Waals surface area contributed by atoms with Crippen molar-refractivity contribution in [3.05, 3.63) is 51.2 Å². The number of morpholine rings is 1. The van der Waals surface area contributed by atoms with Gasteiger partial charge in [-0.2, -0.15) is 0 Å². The van der Waals surface area contributed by atoms with E-state index in [1.807, 2.05) is 11.3 Å². The van der Waals surface area contributed by atoms with Crippen LogP contribution in [0.15, 0.2) is 29.6 Å². The minimum atomic E-state index is -0.111. The first-order chi connectivity index (χ1) is 12.6. The molecule has 0 unspecified atom stereocenters. The number of hydrogen-bond donors (Lipinski definition) is 2. The van der Waals surface area contributed by atoms with Gasteiger partial charge in [-0.25, -0.2) is 0 Å². The summed E-state index contributed by atoms with van der Waals surface area (Å²) in [4.78, 5) is 2.94. The second kappa shape index (κ2) is 7.57. The number of rotatable bonds is 3. The summed E-state index contributed by atoms with van der Waals surface area (Å²) < 4.78 is 5.62. The zero-order valence-corrected chi connectivity index (χ0v) is 18.4. The van der Waals surface area contributed by atoms with Gasteiger partial charge in [0.25, 0.3) is 0 Å². The van der Waals surface area contributed by atoms with Gasteiger partial charge in [0.1, 0.15) is 24.9 Å². The standard InChI is InChI=1S/C23H33NO2S/c1-22(2,3)17-14-16(15-18(21(17)25)23(4,5)6)20(19-8-7-13-27-19)24-9-11-26-12-10-24/h7-8,13-15,20,25H,9-12H2,1-6H3/p+1/t20-/m1/s1. The maximum Gasteiger partial charge on any atom is 0.148 e. The van der Waals surface area contributed by atoms with E-state index in [2.05, 4.69) is 71.2 Å². The van der Waals surface area contributed by atoms with Crippen LogP contribution in [0.25, 0.3) is 0 Å². The number of phenols is 1. The van der Waals surface area contributed by atoms with E-state index in [1.54, 1.807) is 4.90 Å². The molecule has 0 aliphatic carbocycles. The van der Waals surface area contributed by atoms with Crippen molar-refractivity contribution >= 4 is 11.3 Å². The number of quaternary nitrogens is 1. The van der Waals surface area contributed by atoms with Gasteiger partial charge in [0, 0.05) is 16.7 Å². The maximum absolute atomic E-state index is 11.1. The monoisotopic (exact) mass is 388 g/mol. The largest absolute Gasteiger partial charge is 0.507 e. The highest BCUT2D eigenvalue weighted by molar-refractivity contribution is 7.10. The molecule has 3 nitrogen and oxygen atoms in total. The summed E-state index contributed by atoms with van der Waals surface area (Å²) in [6.07, 6.45) is 0. The molecule has 2 aromatic rings. The Balaban J connectivity index is 2.19. The number of benzene rings is 1. The smallest absolute Gasteiger partial charge is 0.148 e. The van der Waals surface area contributed by atoms with E-state index in [9.17, 15) is 5.11 Å². The predicted molar refractivity (Wildman–Crippen MR) is 113 cm³/mol. The topological polar surface area (TPSA) is 33.9 Å². The van der Waals surface area contributed by atoms with Crippen molar-refractivity contribution in [2.24, 2.45) is 0 Å². The summed E-state index contributed by atoms with van der Waals surface area (Å²) in [6, 6.07) is 9.17. The van der Waals surface area contributed by atoms with Crippen molar-refractivity contribution in [1.82, 2.24) is 0 Å². The Morgan fingerprint density at radius 2 is 1.56 bits per heavy atom. The molecule has 3 rings (SSSR count). The summed E-state index contributed by atoms with van der Waals surface area (Å²) in [6.45, 7) is 16.7. The van der Waals surface area contributed by atoms with Crippen LogP contribution in [-0.2, 0) is 15.6 Å². The van der Waals surface area contributed by atoms with E-state index in [-0.39, 0.29) is 16.9 Å².